The van der Waals surface area contributed by atoms with Crippen LogP contribution in [0.4, 0.5) is 0 Å². The molecular formula is C36H52N8O10S4. The van der Waals surface area contributed by atoms with Crippen molar-refractivity contribution >= 4 is 98.9 Å². The molecule has 0 aromatic rings. The highest BCUT2D eigenvalue weighted by Gasteiger charge is 2.56. The van der Waals surface area contributed by atoms with Gasteiger partial charge >= 0.3 is 17.9 Å². The van der Waals surface area contributed by atoms with E-state index in [4.69, 9.17) is 9.47 Å². The molecule has 58 heavy (non-hydrogen) atoms. The minimum Gasteiger partial charge on any atom is -0.477 e. The minimum absolute atomic E-state index is 0.000353. The van der Waals surface area contributed by atoms with Crippen LogP contribution in [0.3, 0.4) is 0 Å². The third-order valence-electron chi connectivity index (χ3n) is 8.21. The summed E-state index contributed by atoms with van der Waals surface area (Å²) in [4.78, 5) is 102. The Morgan fingerprint density at radius 2 is 1.14 bits per heavy atom. The second-order valence-corrected chi connectivity index (χ2v) is 18.8. The summed E-state index contributed by atoms with van der Waals surface area (Å²) in [5.41, 5.74) is -0.0796. The van der Waals surface area contributed by atoms with Gasteiger partial charge in [0.15, 0.2) is 10.3 Å². The number of thioether (sulfide) groups is 4. The first kappa shape index (κ1) is 46.8. The van der Waals surface area contributed by atoms with E-state index in [0.717, 1.165) is 4.90 Å². The Hall–Kier alpha value is -3.89. The van der Waals surface area contributed by atoms with Gasteiger partial charge in [-0.2, -0.15) is 0 Å². The average Bonchev–Trinajstić information content (AvgIpc) is 3.13. The maximum absolute atomic E-state index is 13.8. The molecule has 0 unspecified atom stereocenters. The molecule has 0 aromatic carbocycles. The van der Waals surface area contributed by atoms with Gasteiger partial charge in [0.25, 0.3) is 11.8 Å². The van der Waals surface area contributed by atoms with Crippen LogP contribution in [-0.4, -0.2) is 150 Å². The number of ether oxygens (including phenoxy) is 2. The topological polar surface area (TPSA) is 238 Å². The first-order chi connectivity index (χ1) is 27.3. The fourth-order valence-electron chi connectivity index (χ4n) is 5.88. The number of carboxylic acids is 1. The highest BCUT2D eigenvalue weighted by Crippen LogP contribution is 2.42. The van der Waals surface area contributed by atoms with E-state index in [1.807, 2.05) is 55.4 Å². The minimum atomic E-state index is -1.42. The number of amidine groups is 2. The van der Waals surface area contributed by atoms with Gasteiger partial charge in [-0.15, -0.1) is 23.5 Å². The second-order valence-electron chi connectivity index (χ2n) is 14.7. The molecule has 2 saturated heterocycles. The van der Waals surface area contributed by atoms with E-state index in [1.165, 1.54) is 58.9 Å². The summed E-state index contributed by atoms with van der Waals surface area (Å²) in [6, 6.07) is -1.71. The first-order valence-corrected chi connectivity index (χ1v) is 22.8. The largest absolute Gasteiger partial charge is 0.477 e. The SMILES string of the molecule is CC(=O)OCC1=C(C(=O)OCC2=C(C(=O)O)N3C(=O)[C@@H](NC(=O)CSC(=NC(C)C)NC(C)C)[C@H]3SC2)N2C(=O)[C@@H](NC(=O)CSC(=NC(C)C)NC(C)C)[C@H]2SC1. The molecule has 0 spiro atoms. The Bertz CT molecular complexity index is 1780. The van der Waals surface area contributed by atoms with Gasteiger partial charge < -0.3 is 35.8 Å². The molecule has 0 saturated carbocycles. The third-order valence-corrected chi connectivity index (χ3v) is 12.7. The lowest BCUT2D eigenvalue weighted by Crippen LogP contribution is -2.71. The molecule has 4 aliphatic heterocycles. The maximum Gasteiger partial charge on any atom is 0.355 e. The standard InChI is InChI=1S/C36H52N8O10S4/c1-16(2)37-35(38-17(3)4)57-14-23(46)41-25-29(48)43-27(33(50)51)21(12-55-31(25)43)11-54-34(52)28-22(10-53-20(9)45)13-56-32-26(30(49)44(28)32)42-24(47)15-58-36(39-18(5)6)40-19(7)8/h16-19,25-26,31-32H,10-15H2,1-9H3,(H,37,38)(H,39,40)(H,41,46)(H,42,47)(H,50,51)/t25-,26-,31-,32-/m1/s1. The number of aliphatic carboxylic acids is 1. The fraction of sp³-hybridized carbons (Fsp3) is 0.639. The van der Waals surface area contributed by atoms with Crippen molar-refractivity contribution < 1.29 is 48.1 Å². The van der Waals surface area contributed by atoms with Gasteiger partial charge in [-0.05, 0) is 55.4 Å². The van der Waals surface area contributed by atoms with Crippen LogP contribution in [0.1, 0.15) is 62.3 Å². The smallest absolute Gasteiger partial charge is 0.355 e. The highest BCUT2D eigenvalue weighted by atomic mass is 32.2. The number of esters is 2. The predicted octanol–water partition coefficient (Wildman–Crippen LogP) is 1.48. The van der Waals surface area contributed by atoms with E-state index in [2.05, 4.69) is 31.3 Å². The molecule has 4 aliphatic rings. The zero-order valence-electron chi connectivity index (χ0n) is 33.9. The lowest BCUT2D eigenvalue weighted by Gasteiger charge is -2.50. The van der Waals surface area contributed by atoms with Gasteiger partial charge in [0.1, 0.15) is 47.4 Å². The monoisotopic (exact) mass is 884 g/mol. The van der Waals surface area contributed by atoms with Gasteiger partial charge in [-0.3, -0.25) is 43.8 Å². The molecule has 4 atom stereocenters. The Kier molecular flexibility index (Phi) is 16.8. The number of carboxylic acid groups (broad SMARTS) is 1. The normalized spacial score (nSPS) is 22.1. The molecule has 2 fully saturated rings. The maximum atomic E-state index is 13.8. The number of aliphatic imine (C=N–C) groups is 2. The van der Waals surface area contributed by atoms with Gasteiger partial charge in [-0.25, -0.2) is 9.59 Å². The van der Waals surface area contributed by atoms with Crippen molar-refractivity contribution in [3.05, 3.63) is 22.5 Å². The summed E-state index contributed by atoms with van der Waals surface area (Å²) in [6.07, 6.45) is 0. The van der Waals surface area contributed by atoms with Crippen LogP contribution < -0.4 is 21.3 Å². The molecule has 0 radical (unpaired) electrons. The van der Waals surface area contributed by atoms with Crippen LogP contribution in [0.15, 0.2) is 32.5 Å². The summed E-state index contributed by atoms with van der Waals surface area (Å²) in [5.74, 6) is -4.79. The number of nitrogens with one attached hydrogen (secondary N) is 4. The van der Waals surface area contributed by atoms with Crippen molar-refractivity contribution in [1.82, 2.24) is 31.1 Å². The van der Waals surface area contributed by atoms with E-state index in [-0.39, 0.29) is 70.8 Å². The van der Waals surface area contributed by atoms with Crippen LogP contribution >= 0.6 is 47.0 Å². The molecule has 0 aliphatic carbocycles. The first-order valence-electron chi connectivity index (χ1n) is 18.7. The average molecular weight is 885 g/mol. The summed E-state index contributed by atoms with van der Waals surface area (Å²) >= 11 is 4.90. The number of hydrogen-bond acceptors (Lipinski definition) is 15. The summed E-state index contributed by atoms with van der Waals surface area (Å²) in [6.45, 7) is 15.8. The molecule has 4 rings (SSSR count). The van der Waals surface area contributed by atoms with E-state index in [0.29, 0.717) is 15.9 Å². The summed E-state index contributed by atoms with van der Waals surface area (Å²) in [5, 5.41) is 21.9. The molecule has 18 nitrogen and oxygen atoms in total. The fourth-order valence-corrected chi connectivity index (χ4v) is 10.4. The lowest BCUT2D eigenvalue weighted by molar-refractivity contribution is -0.153. The Morgan fingerprint density at radius 1 is 0.724 bits per heavy atom. The van der Waals surface area contributed by atoms with Crippen molar-refractivity contribution in [3.63, 3.8) is 0 Å². The van der Waals surface area contributed by atoms with Crippen molar-refractivity contribution in [1.29, 1.82) is 0 Å². The molecule has 4 heterocycles. The lowest BCUT2D eigenvalue weighted by atomic mass is 10.0. The molecule has 320 valence electrons. The Morgan fingerprint density at radius 3 is 1.53 bits per heavy atom. The van der Waals surface area contributed by atoms with Crippen molar-refractivity contribution in [3.8, 4) is 0 Å². The number of nitrogens with zero attached hydrogens (tertiary/aromatic N) is 4. The zero-order valence-corrected chi connectivity index (χ0v) is 37.2. The van der Waals surface area contributed by atoms with Gasteiger partial charge in [-0.1, -0.05) is 23.5 Å². The molecular weight excluding hydrogens is 833 g/mol. The molecule has 0 aromatic heterocycles. The van der Waals surface area contributed by atoms with Crippen LogP contribution in [-0.2, 0) is 43.0 Å². The zero-order chi connectivity index (χ0) is 43.0. The second kappa shape index (κ2) is 20.9. The number of carbonyl (C=O) groups excluding carboxylic acids is 6. The number of rotatable bonds is 16. The van der Waals surface area contributed by atoms with Crippen LogP contribution in [0.2, 0.25) is 0 Å². The van der Waals surface area contributed by atoms with Gasteiger partial charge in [0, 0.05) is 53.7 Å². The van der Waals surface area contributed by atoms with Crippen molar-refractivity contribution in [2.24, 2.45) is 9.98 Å². The van der Waals surface area contributed by atoms with Crippen LogP contribution in [0, 0.1) is 0 Å². The summed E-state index contributed by atoms with van der Waals surface area (Å²) < 4.78 is 10.8. The number of amides is 4. The van der Waals surface area contributed by atoms with E-state index < -0.39 is 71.0 Å². The van der Waals surface area contributed by atoms with Crippen LogP contribution in [0.5, 0.6) is 0 Å². The Labute approximate surface area is 354 Å². The van der Waals surface area contributed by atoms with Crippen LogP contribution in [0.25, 0.3) is 0 Å². The molecule has 5 N–H and O–H groups in total. The number of β-lactam (4-membered cyclic amide) rings is 2. The molecule has 0 bridgehead atoms. The number of fused-ring (bicyclic) bond motifs is 2. The quantitative estimate of drug-likeness (QED) is 0.0639. The van der Waals surface area contributed by atoms with Crippen molar-refractivity contribution in [2.75, 3.05) is 36.2 Å². The van der Waals surface area contributed by atoms with Crippen molar-refractivity contribution in [2.45, 2.75) is 109 Å². The Balaban J connectivity index is 1.42. The summed E-state index contributed by atoms with van der Waals surface area (Å²) in [7, 11) is 0. The van der Waals surface area contributed by atoms with E-state index in [9.17, 15) is 38.7 Å². The number of carbonyl (C=O) groups is 7. The third kappa shape index (κ3) is 12.1. The molecule has 4 amide bonds. The van der Waals surface area contributed by atoms with Gasteiger partial charge in [0.2, 0.25) is 11.8 Å². The highest BCUT2D eigenvalue weighted by molar-refractivity contribution is 8.14. The predicted molar refractivity (Wildman–Crippen MR) is 226 cm³/mol. The van der Waals surface area contributed by atoms with E-state index >= 15 is 0 Å². The van der Waals surface area contributed by atoms with Gasteiger partial charge in [0.05, 0.1) is 11.5 Å². The molecule has 22 heteroatoms. The number of hydrogen-bond donors (Lipinski definition) is 5. The van der Waals surface area contributed by atoms with E-state index in [1.54, 1.807) is 0 Å².